The van der Waals surface area contributed by atoms with E-state index in [0.29, 0.717) is 5.54 Å². The Morgan fingerprint density at radius 2 is 1.84 bits per heavy atom. The number of piperidine rings is 1. The smallest absolute Gasteiger partial charge is 0.127 e. The van der Waals surface area contributed by atoms with Gasteiger partial charge < -0.3 is 4.90 Å². The van der Waals surface area contributed by atoms with Crippen LogP contribution in [0.25, 0.3) is 0 Å². The first-order valence-electron chi connectivity index (χ1n) is 7.37. The fraction of sp³-hybridized carbons (Fsp3) is 0.625. The zero-order valence-electron chi connectivity index (χ0n) is 11.7. The van der Waals surface area contributed by atoms with E-state index in [-0.39, 0.29) is 5.82 Å². The molecular weight excluding hydrogens is 239 g/mol. The first-order chi connectivity index (χ1) is 9.20. The summed E-state index contributed by atoms with van der Waals surface area (Å²) in [6.45, 7) is 4.19. The van der Waals surface area contributed by atoms with Crippen LogP contribution in [-0.4, -0.2) is 42.0 Å². The normalized spacial score (nSPS) is 24.1. The van der Waals surface area contributed by atoms with E-state index in [1.165, 1.54) is 32.2 Å². The van der Waals surface area contributed by atoms with Crippen molar-refractivity contribution in [2.24, 2.45) is 0 Å². The average molecular weight is 262 g/mol. The second-order valence-electron chi connectivity index (χ2n) is 6.12. The lowest BCUT2D eigenvalue weighted by molar-refractivity contribution is 0.0668. The van der Waals surface area contributed by atoms with Crippen molar-refractivity contribution in [3.05, 3.63) is 35.6 Å². The van der Waals surface area contributed by atoms with Crippen molar-refractivity contribution >= 4 is 0 Å². The van der Waals surface area contributed by atoms with Crippen LogP contribution >= 0.6 is 0 Å². The lowest BCUT2D eigenvalue weighted by Gasteiger charge is -2.43. The van der Waals surface area contributed by atoms with Gasteiger partial charge in [0, 0.05) is 30.7 Å². The van der Waals surface area contributed by atoms with Crippen LogP contribution in [0.4, 0.5) is 4.39 Å². The molecule has 3 rings (SSSR count). The Morgan fingerprint density at radius 3 is 2.47 bits per heavy atom. The predicted molar refractivity (Wildman–Crippen MR) is 75.5 cm³/mol. The highest BCUT2D eigenvalue weighted by molar-refractivity contribution is 5.17. The second kappa shape index (κ2) is 5.22. The van der Waals surface area contributed by atoms with E-state index in [2.05, 4.69) is 16.8 Å². The molecule has 2 heterocycles. The van der Waals surface area contributed by atoms with Crippen molar-refractivity contribution in [1.29, 1.82) is 0 Å². The maximum Gasteiger partial charge on any atom is 0.127 e. The van der Waals surface area contributed by atoms with Gasteiger partial charge in [-0.3, -0.25) is 4.90 Å². The average Bonchev–Trinajstić information content (AvgIpc) is 2.77. The molecule has 2 aliphatic heterocycles. The maximum atomic E-state index is 13.7. The summed E-state index contributed by atoms with van der Waals surface area (Å²) in [5, 5.41) is 0. The number of nitrogens with zero attached hydrogens (tertiary/aromatic N) is 2. The van der Waals surface area contributed by atoms with Crippen molar-refractivity contribution in [2.45, 2.75) is 37.8 Å². The number of rotatable bonds is 2. The molecule has 1 spiro atoms. The van der Waals surface area contributed by atoms with Gasteiger partial charge in [0.15, 0.2) is 0 Å². The van der Waals surface area contributed by atoms with E-state index in [4.69, 9.17) is 0 Å². The van der Waals surface area contributed by atoms with Crippen LogP contribution in [0.2, 0.25) is 0 Å². The molecule has 0 saturated carbocycles. The zero-order valence-corrected chi connectivity index (χ0v) is 11.7. The third-order valence-corrected chi connectivity index (χ3v) is 5.08. The molecule has 104 valence electrons. The number of hydrogen-bond acceptors (Lipinski definition) is 2. The van der Waals surface area contributed by atoms with Gasteiger partial charge >= 0.3 is 0 Å². The number of hydrogen-bond donors (Lipinski definition) is 0. The summed E-state index contributed by atoms with van der Waals surface area (Å²) in [5.41, 5.74) is 1.28. The van der Waals surface area contributed by atoms with Gasteiger partial charge in [-0.2, -0.15) is 0 Å². The Morgan fingerprint density at radius 1 is 1.11 bits per heavy atom. The molecule has 0 atom stereocenters. The molecule has 0 N–H and O–H groups in total. The molecule has 2 fully saturated rings. The monoisotopic (exact) mass is 262 g/mol. The summed E-state index contributed by atoms with van der Waals surface area (Å²) < 4.78 is 13.7. The van der Waals surface area contributed by atoms with E-state index < -0.39 is 0 Å². The van der Waals surface area contributed by atoms with Gasteiger partial charge in [-0.05, 0) is 45.3 Å². The van der Waals surface area contributed by atoms with Crippen LogP contribution in [0.1, 0.15) is 31.2 Å². The summed E-state index contributed by atoms with van der Waals surface area (Å²) in [6, 6.07) is 7.15. The molecule has 2 nitrogen and oxygen atoms in total. The Hall–Kier alpha value is -0.930. The fourth-order valence-corrected chi connectivity index (χ4v) is 3.70. The molecule has 3 heteroatoms. The Labute approximate surface area is 115 Å². The van der Waals surface area contributed by atoms with E-state index in [1.54, 1.807) is 12.1 Å². The standard InChI is InChI=1S/C16H23FN2/c1-18-10-4-7-16(18)8-11-19(12-9-16)13-14-5-2-3-6-15(14)17/h2-3,5-6H,4,7-13H2,1H3. The van der Waals surface area contributed by atoms with Crippen LogP contribution in [0.3, 0.4) is 0 Å². The second-order valence-corrected chi connectivity index (χ2v) is 6.12. The Balaban J connectivity index is 1.60. The van der Waals surface area contributed by atoms with Crippen molar-refractivity contribution in [2.75, 3.05) is 26.7 Å². The van der Waals surface area contributed by atoms with Crippen molar-refractivity contribution in [3.63, 3.8) is 0 Å². The topological polar surface area (TPSA) is 6.48 Å². The summed E-state index contributed by atoms with van der Waals surface area (Å²) in [4.78, 5) is 4.95. The molecule has 19 heavy (non-hydrogen) atoms. The Kier molecular flexibility index (Phi) is 3.59. The quantitative estimate of drug-likeness (QED) is 0.808. The first kappa shape index (κ1) is 13.1. The third-order valence-electron chi connectivity index (χ3n) is 5.08. The summed E-state index contributed by atoms with van der Waals surface area (Å²) in [5.74, 6) is -0.0687. The van der Waals surface area contributed by atoms with Gasteiger partial charge in [-0.25, -0.2) is 4.39 Å². The minimum atomic E-state index is -0.0687. The molecule has 0 radical (unpaired) electrons. The van der Waals surface area contributed by atoms with Gasteiger partial charge in [0.25, 0.3) is 0 Å². The molecule has 0 amide bonds. The van der Waals surface area contributed by atoms with E-state index in [0.717, 1.165) is 25.2 Å². The fourth-order valence-electron chi connectivity index (χ4n) is 3.70. The lowest BCUT2D eigenvalue weighted by atomic mass is 9.85. The molecule has 1 aromatic carbocycles. The van der Waals surface area contributed by atoms with E-state index >= 15 is 0 Å². The van der Waals surface area contributed by atoms with Gasteiger partial charge in [-0.15, -0.1) is 0 Å². The highest BCUT2D eigenvalue weighted by atomic mass is 19.1. The van der Waals surface area contributed by atoms with Crippen molar-refractivity contribution in [1.82, 2.24) is 9.80 Å². The molecular formula is C16H23FN2. The maximum absolute atomic E-state index is 13.7. The van der Waals surface area contributed by atoms with Crippen molar-refractivity contribution < 1.29 is 4.39 Å². The lowest BCUT2D eigenvalue weighted by Crippen LogP contribution is -2.50. The molecule has 0 aromatic heterocycles. The molecule has 2 saturated heterocycles. The summed E-state index contributed by atoms with van der Waals surface area (Å²) in [6.07, 6.45) is 5.15. The van der Waals surface area contributed by atoms with Crippen molar-refractivity contribution in [3.8, 4) is 0 Å². The highest BCUT2D eigenvalue weighted by Crippen LogP contribution is 2.37. The number of benzene rings is 1. The largest absolute Gasteiger partial charge is 0.301 e. The first-order valence-corrected chi connectivity index (χ1v) is 7.37. The van der Waals surface area contributed by atoms with E-state index in [9.17, 15) is 4.39 Å². The Bertz CT molecular complexity index is 438. The van der Waals surface area contributed by atoms with Crippen LogP contribution < -0.4 is 0 Å². The van der Waals surface area contributed by atoms with Crippen LogP contribution in [0, 0.1) is 5.82 Å². The minimum absolute atomic E-state index is 0.0687. The predicted octanol–water partition coefficient (Wildman–Crippen LogP) is 2.89. The van der Waals surface area contributed by atoms with Crippen LogP contribution in [-0.2, 0) is 6.54 Å². The van der Waals surface area contributed by atoms with Crippen LogP contribution in [0.15, 0.2) is 24.3 Å². The molecule has 1 aromatic rings. The van der Waals surface area contributed by atoms with Gasteiger partial charge in [0.2, 0.25) is 0 Å². The van der Waals surface area contributed by atoms with Gasteiger partial charge in [-0.1, -0.05) is 18.2 Å². The molecule has 0 aliphatic carbocycles. The van der Waals surface area contributed by atoms with Crippen LogP contribution in [0.5, 0.6) is 0 Å². The summed E-state index contributed by atoms with van der Waals surface area (Å²) in [7, 11) is 2.26. The van der Waals surface area contributed by atoms with E-state index in [1.807, 2.05) is 12.1 Å². The SMILES string of the molecule is CN1CCCC12CCN(Cc1ccccc1F)CC2. The van der Waals surface area contributed by atoms with Gasteiger partial charge in [0.1, 0.15) is 5.82 Å². The summed E-state index contributed by atoms with van der Waals surface area (Å²) >= 11 is 0. The zero-order chi connectivity index (χ0) is 13.3. The third kappa shape index (κ3) is 2.54. The molecule has 0 bridgehead atoms. The molecule has 0 unspecified atom stereocenters. The highest BCUT2D eigenvalue weighted by Gasteiger charge is 2.40. The van der Waals surface area contributed by atoms with Gasteiger partial charge in [0.05, 0.1) is 0 Å². The molecule has 2 aliphatic rings. The number of halogens is 1. The number of likely N-dealkylation sites (tertiary alicyclic amines) is 2. The minimum Gasteiger partial charge on any atom is -0.301 e.